The van der Waals surface area contributed by atoms with E-state index in [4.69, 9.17) is 14.2 Å². The third-order valence-electron chi connectivity index (χ3n) is 7.17. The fourth-order valence-electron chi connectivity index (χ4n) is 6.17. The highest BCUT2D eigenvalue weighted by Crippen LogP contribution is 2.62. The summed E-state index contributed by atoms with van der Waals surface area (Å²) in [7, 11) is 5.34. The number of rotatable bonds is 4. The molecule has 3 heteroatoms. The molecule has 3 nitrogen and oxygen atoms in total. The van der Waals surface area contributed by atoms with E-state index in [0.29, 0.717) is 17.3 Å². The highest BCUT2D eigenvalue weighted by Gasteiger charge is 2.52. The van der Waals surface area contributed by atoms with Gasteiger partial charge in [-0.3, -0.25) is 0 Å². The van der Waals surface area contributed by atoms with Crippen molar-refractivity contribution in [2.24, 2.45) is 11.3 Å². The zero-order valence-corrected chi connectivity index (χ0v) is 17.9. The van der Waals surface area contributed by atoms with Gasteiger partial charge < -0.3 is 14.2 Å². The molecule has 1 saturated carbocycles. The van der Waals surface area contributed by atoms with Crippen molar-refractivity contribution in [3.05, 3.63) is 16.7 Å². The van der Waals surface area contributed by atoms with Crippen molar-refractivity contribution in [2.45, 2.75) is 78.1 Å². The van der Waals surface area contributed by atoms with Gasteiger partial charge in [-0.1, -0.05) is 41.0 Å². The first-order valence-electron chi connectivity index (χ1n) is 10.1. The average Bonchev–Trinajstić information content (AvgIpc) is 2.58. The Kier molecular flexibility index (Phi) is 4.96. The van der Waals surface area contributed by atoms with Crippen molar-refractivity contribution in [2.75, 3.05) is 21.3 Å². The van der Waals surface area contributed by atoms with Crippen LogP contribution in [0.2, 0.25) is 0 Å². The molecule has 146 valence electrons. The number of fused-ring (bicyclic) bond motifs is 3. The minimum atomic E-state index is 0.108. The van der Waals surface area contributed by atoms with Gasteiger partial charge in [-0.2, -0.15) is 0 Å². The van der Waals surface area contributed by atoms with Crippen molar-refractivity contribution in [3.63, 3.8) is 0 Å². The molecule has 0 saturated heterocycles. The molecule has 26 heavy (non-hydrogen) atoms. The Labute approximate surface area is 159 Å². The van der Waals surface area contributed by atoms with E-state index < -0.39 is 0 Å². The Hall–Kier alpha value is -1.38. The van der Waals surface area contributed by atoms with Gasteiger partial charge in [-0.05, 0) is 42.9 Å². The molecule has 0 heterocycles. The molecule has 0 bridgehead atoms. The highest BCUT2D eigenvalue weighted by atomic mass is 16.5. The molecule has 0 radical (unpaired) electrons. The summed E-state index contributed by atoms with van der Waals surface area (Å²) < 4.78 is 17.9. The molecule has 2 aliphatic carbocycles. The van der Waals surface area contributed by atoms with E-state index in [1.54, 1.807) is 21.3 Å². The van der Waals surface area contributed by atoms with E-state index in [0.717, 1.165) is 29.2 Å². The van der Waals surface area contributed by atoms with E-state index in [1.165, 1.54) is 36.8 Å². The van der Waals surface area contributed by atoms with Gasteiger partial charge >= 0.3 is 0 Å². The summed E-state index contributed by atoms with van der Waals surface area (Å²) in [5.41, 5.74) is 4.30. The van der Waals surface area contributed by atoms with Crippen molar-refractivity contribution < 1.29 is 14.2 Å². The molecule has 2 atom stereocenters. The zero-order valence-electron chi connectivity index (χ0n) is 17.9. The Morgan fingerprint density at radius 2 is 1.50 bits per heavy atom. The van der Waals surface area contributed by atoms with Gasteiger partial charge in [-0.15, -0.1) is 0 Å². The van der Waals surface area contributed by atoms with Gasteiger partial charge in [0.25, 0.3) is 0 Å². The molecule has 1 aromatic carbocycles. The lowest BCUT2D eigenvalue weighted by atomic mass is 9.50. The molecule has 1 fully saturated rings. The van der Waals surface area contributed by atoms with Crippen LogP contribution in [0.1, 0.15) is 82.9 Å². The first-order chi connectivity index (χ1) is 12.2. The van der Waals surface area contributed by atoms with Gasteiger partial charge in [0, 0.05) is 22.1 Å². The van der Waals surface area contributed by atoms with Crippen LogP contribution in [-0.2, 0) is 11.8 Å². The van der Waals surface area contributed by atoms with Crippen LogP contribution >= 0.6 is 0 Å². The molecule has 0 amide bonds. The Morgan fingerprint density at radius 3 is 2.04 bits per heavy atom. The van der Waals surface area contributed by atoms with Crippen LogP contribution < -0.4 is 14.2 Å². The number of hydrogen-bond donors (Lipinski definition) is 0. The lowest BCUT2D eigenvalue weighted by Gasteiger charge is -2.55. The first-order valence-corrected chi connectivity index (χ1v) is 10.1. The molecule has 0 aromatic heterocycles. The lowest BCUT2D eigenvalue weighted by Crippen LogP contribution is -2.48. The predicted molar refractivity (Wildman–Crippen MR) is 107 cm³/mol. The molecule has 0 aliphatic heterocycles. The Bertz CT molecular complexity index is 664. The van der Waals surface area contributed by atoms with Crippen molar-refractivity contribution >= 4 is 0 Å². The quantitative estimate of drug-likeness (QED) is 0.672. The second-order valence-corrected chi connectivity index (χ2v) is 9.37. The smallest absolute Gasteiger partial charge is 0.168 e. The van der Waals surface area contributed by atoms with E-state index >= 15 is 0 Å². The molecular weight excluding hydrogens is 324 g/mol. The highest BCUT2D eigenvalue weighted by molar-refractivity contribution is 5.67. The van der Waals surface area contributed by atoms with E-state index in [-0.39, 0.29) is 5.41 Å². The van der Waals surface area contributed by atoms with Crippen LogP contribution in [0.15, 0.2) is 0 Å². The van der Waals surface area contributed by atoms with Gasteiger partial charge in [0.05, 0.1) is 21.3 Å². The van der Waals surface area contributed by atoms with E-state index in [1.807, 2.05) is 0 Å². The summed E-state index contributed by atoms with van der Waals surface area (Å²) >= 11 is 0. The van der Waals surface area contributed by atoms with Crippen LogP contribution in [0.5, 0.6) is 17.2 Å². The van der Waals surface area contributed by atoms with Gasteiger partial charge in [-0.25, -0.2) is 0 Å². The maximum Gasteiger partial charge on any atom is 0.168 e. The topological polar surface area (TPSA) is 27.7 Å². The standard InChI is InChI=1S/C23H36O3/c1-14(2)17-19(24-6)15-10-11-16-22(3,4)12-9-13-23(16,5)18(15)21(26-8)20(17)25-7/h14,16H,9-13H2,1-8H3/t16-,23-/m0/s1. The Balaban J connectivity index is 2.36. The fraction of sp³-hybridized carbons (Fsp3) is 0.739. The summed E-state index contributed by atoms with van der Waals surface area (Å²) in [4.78, 5) is 0. The summed E-state index contributed by atoms with van der Waals surface area (Å²) in [5.74, 6) is 3.80. The first kappa shape index (κ1) is 19.4. The van der Waals surface area contributed by atoms with Gasteiger partial charge in [0.2, 0.25) is 0 Å². The number of ether oxygens (including phenoxy) is 3. The van der Waals surface area contributed by atoms with Crippen LogP contribution in [0.4, 0.5) is 0 Å². The van der Waals surface area contributed by atoms with Crippen LogP contribution in [0.3, 0.4) is 0 Å². The molecular formula is C23H36O3. The largest absolute Gasteiger partial charge is 0.496 e. The maximum atomic E-state index is 6.03. The number of benzene rings is 1. The summed E-state index contributed by atoms with van der Waals surface area (Å²) in [6.07, 6.45) is 6.06. The second-order valence-electron chi connectivity index (χ2n) is 9.37. The number of methoxy groups -OCH3 is 3. The predicted octanol–water partition coefficient (Wildman–Crippen LogP) is 5.87. The van der Waals surface area contributed by atoms with Crippen molar-refractivity contribution in [1.82, 2.24) is 0 Å². The van der Waals surface area contributed by atoms with Crippen LogP contribution in [0, 0.1) is 11.3 Å². The Morgan fingerprint density at radius 1 is 0.885 bits per heavy atom. The third-order valence-corrected chi connectivity index (χ3v) is 7.17. The minimum absolute atomic E-state index is 0.108. The monoisotopic (exact) mass is 360 g/mol. The maximum absolute atomic E-state index is 6.03. The van der Waals surface area contributed by atoms with Gasteiger partial charge in [0.1, 0.15) is 5.75 Å². The summed E-state index contributed by atoms with van der Waals surface area (Å²) in [6, 6.07) is 0. The molecule has 0 unspecified atom stereocenters. The fourth-order valence-corrected chi connectivity index (χ4v) is 6.17. The molecule has 3 rings (SSSR count). The lowest BCUT2D eigenvalue weighted by molar-refractivity contribution is 0.0383. The third kappa shape index (κ3) is 2.61. The summed E-state index contributed by atoms with van der Waals surface area (Å²) in [6.45, 7) is 11.7. The van der Waals surface area contributed by atoms with Crippen molar-refractivity contribution in [3.8, 4) is 17.2 Å². The zero-order chi connectivity index (χ0) is 19.3. The molecule has 0 spiro atoms. The molecule has 0 N–H and O–H groups in total. The minimum Gasteiger partial charge on any atom is -0.496 e. The van der Waals surface area contributed by atoms with E-state index in [2.05, 4.69) is 34.6 Å². The normalized spacial score (nSPS) is 26.9. The van der Waals surface area contributed by atoms with Crippen LogP contribution in [0.25, 0.3) is 0 Å². The number of hydrogen-bond acceptors (Lipinski definition) is 3. The molecule has 2 aliphatic rings. The molecule has 1 aromatic rings. The van der Waals surface area contributed by atoms with E-state index in [9.17, 15) is 0 Å². The van der Waals surface area contributed by atoms with Crippen molar-refractivity contribution in [1.29, 1.82) is 0 Å². The van der Waals surface area contributed by atoms with Gasteiger partial charge in [0.15, 0.2) is 11.5 Å². The SMILES string of the molecule is COc1c2c(c(OC)c(OC)c1C(C)C)[C@@]1(C)CCCC(C)(C)[C@@H]1CC2. The second kappa shape index (κ2) is 6.65. The average molecular weight is 361 g/mol. The summed E-state index contributed by atoms with van der Waals surface area (Å²) in [5, 5.41) is 0. The van der Waals surface area contributed by atoms with Crippen LogP contribution in [-0.4, -0.2) is 21.3 Å².